The van der Waals surface area contributed by atoms with Crippen LogP contribution in [0, 0.1) is 16.0 Å². The van der Waals surface area contributed by atoms with E-state index >= 15 is 0 Å². The second-order valence-electron chi connectivity index (χ2n) is 7.91. The molecule has 0 fully saturated rings. The predicted molar refractivity (Wildman–Crippen MR) is 124 cm³/mol. The van der Waals surface area contributed by atoms with Gasteiger partial charge in [-0.1, -0.05) is 0 Å². The summed E-state index contributed by atoms with van der Waals surface area (Å²) in [6.45, 7) is 7.81. The summed E-state index contributed by atoms with van der Waals surface area (Å²) in [4.78, 5) is 40.8. The molecular formula is C25H28N3O6+. The number of nitro benzene ring substituents is 1. The maximum absolute atomic E-state index is 12.9. The average Bonchev–Trinajstić information content (AvgIpc) is 2.79. The van der Waals surface area contributed by atoms with E-state index < -0.39 is 28.7 Å². The van der Waals surface area contributed by atoms with Gasteiger partial charge in [0, 0.05) is 46.7 Å². The van der Waals surface area contributed by atoms with Crippen molar-refractivity contribution in [2.24, 2.45) is 10.9 Å². The molecule has 0 aliphatic carbocycles. The summed E-state index contributed by atoms with van der Waals surface area (Å²) in [6, 6.07) is 10.0. The fraction of sp³-hybridized carbons (Fsp3) is 0.360. The third-order valence-corrected chi connectivity index (χ3v) is 5.62. The Kier molecular flexibility index (Phi) is 7.88. The number of hydrogen-bond acceptors (Lipinski definition) is 7. The first-order valence-corrected chi connectivity index (χ1v) is 11.1. The van der Waals surface area contributed by atoms with Crippen molar-refractivity contribution in [1.29, 1.82) is 0 Å². The number of nitro groups is 1. The number of esters is 2. The first kappa shape index (κ1) is 24.8. The molecule has 1 aliphatic heterocycles. The van der Waals surface area contributed by atoms with Crippen molar-refractivity contribution in [3.8, 4) is 0 Å². The fourth-order valence-corrected chi connectivity index (χ4v) is 4.17. The van der Waals surface area contributed by atoms with Gasteiger partial charge < -0.3 is 9.47 Å². The summed E-state index contributed by atoms with van der Waals surface area (Å²) in [5, 5.41) is 10.9. The highest BCUT2D eigenvalue weighted by Crippen LogP contribution is 2.39. The van der Waals surface area contributed by atoms with Crippen LogP contribution in [0.15, 0.2) is 65.1 Å². The molecule has 2 unspecified atom stereocenters. The van der Waals surface area contributed by atoms with E-state index in [1.54, 1.807) is 39.8 Å². The minimum absolute atomic E-state index is 0.0245. The molecule has 9 nitrogen and oxygen atoms in total. The van der Waals surface area contributed by atoms with Gasteiger partial charge in [-0.05, 0) is 45.9 Å². The first-order chi connectivity index (χ1) is 16.3. The number of carbonyl (C=O) groups excluding carboxylic acids is 2. The van der Waals surface area contributed by atoms with Gasteiger partial charge >= 0.3 is 11.9 Å². The number of rotatable bonds is 8. The average molecular weight is 467 g/mol. The van der Waals surface area contributed by atoms with Crippen LogP contribution in [0.5, 0.6) is 0 Å². The maximum atomic E-state index is 12.9. The van der Waals surface area contributed by atoms with Crippen molar-refractivity contribution >= 4 is 23.3 Å². The van der Waals surface area contributed by atoms with Crippen LogP contribution in [0.1, 0.15) is 44.7 Å². The van der Waals surface area contributed by atoms with Crippen molar-refractivity contribution in [3.05, 3.63) is 81.3 Å². The lowest BCUT2D eigenvalue weighted by Crippen LogP contribution is -2.39. The molecule has 1 aliphatic rings. The third-order valence-electron chi connectivity index (χ3n) is 5.62. The van der Waals surface area contributed by atoms with Gasteiger partial charge in [0.1, 0.15) is 5.92 Å². The number of non-ortho nitro benzene ring substituents is 1. The molecule has 2 heterocycles. The highest BCUT2D eigenvalue weighted by Gasteiger charge is 2.43. The molecule has 9 heteroatoms. The lowest BCUT2D eigenvalue weighted by molar-refractivity contribution is -0.688. The van der Waals surface area contributed by atoms with Crippen molar-refractivity contribution < 1.29 is 28.6 Å². The summed E-state index contributed by atoms with van der Waals surface area (Å²) in [6.07, 6.45) is 3.72. The van der Waals surface area contributed by atoms with Gasteiger partial charge in [-0.15, -0.1) is 0 Å². The SMILES string of the molecule is CCOC(=O)C1=C(C)N=C(C)C(C(=O)OCC)C1c1ccc[n+](Cc2ccc([N+](=O)[O-])cc2)c1. The molecule has 0 saturated carbocycles. The number of nitrogens with zero attached hydrogens (tertiary/aromatic N) is 3. The number of hydrogen-bond donors (Lipinski definition) is 0. The van der Waals surface area contributed by atoms with Crippen LogP contribution in [-0.2, 0) is 25.6 Å². The van der Waals surface area contributed by atoms with E-state index in [2.05, 4.69) is 4.99 Å². The lowest BCUT2D eigenvalue weighted by Gasteiger charge is -2.30. The number of aliphatic imine (C=N–C) groups is 1. The van der Waals surface area contributed by atoms with Crippen LogP contribution in [0.3, 0.4) is 0 Å². The quantitative estimate of drug-likeness (QED) is 0.255. The molecule has 34 heavy (non-hydrogen) atoms. The van der Waals surface area contributed by atoms with Gasteiger partial charge in [-0.3, -0.25) is 19.9 Å². The zero-order chi connectivity index (χ0) is 24.8. The molecular weight excluding hydrogens is 438 g/mol. The summed E-state index contributed by atoms with van der Waals surface area (Å²) in [7, 11) is 0. The standard InChI is InChI=1S/C25H28N3O6/c1-5-33-24(29)21-16(3)26-17(4)22(25(30)34-6-2)23(21)19-8-7-13-27(15-19)14-18-9-11-20(12-10-18)28(31)32/h7-13,15,21,23H,5-6,14H2,1-4H3/q+1. The Morgan fingerprint density at radius 2 is 1.76 bits per heavy atom. The van der Waals surface area contributed by atoms with E-state index in [0.717, 1.165) is 11.1 Å². The third kappa shape index (κ3) is 5.36. The predicted octanol–water partition coefficient (Wildman–Crippen LogP) is 3.51. The second-order valence-corrected chi connectivity index (χ2v) is 7.91. The van der Waals surface area contributed by atoms with Gasteiger partial charge in [0.05, 0.1) is 23.7 Å². The van der Waals surface area contributed by atoms with Gasteiger partial charge in [-0.2, -0.15) is 0 Å². The van der Waals surface area contributed by atoms with Crippen LogP contribution in [-0.4, -0.2) is 35.8 Å². The molecule has 178 valence electrons. The fourth-order valence-electron chi connectivity index (χ4n) is 4.17. The highest BCUT2D eigenvalue weighted by atomic mass is 16.6. The zero-order valence-corrected chi connectivity index (χ0v) is 19.7. The maximum Gasteiger partial charge on any atom is 0.336 e. The summed E-state index contributed by atoms with van der Waals surface area (Å²) < 4.78 is 12.5. The molecule has 2 aromatic rings. The van der Waals surface area contributed by atoms with E-state index in [1.165, 1.54) is 12.1 Å². The van der Waals surface area contributed by atoms with Crippen molar-refractivity contribution in [1.82, 2.24) is 0 Å². The van der Waals surface area contributed by atoms with Crippen LogP contribution >= 0.6 is 0 Å². The van der Waals surface area contributed by atoms with E-state index in [4.69, 9.17) is 9.47 Å². The molecule has 3 rings (SSSR count). The molecule has 0 saturated heterocycles. The summed E-state index contributed by atoms with van der Waals surface area (Å²) in [5.74, 6) is -2.35. The van der Waals surface area contributed by atoms with Gasteiger partial charge in [-0.25, -0.2) is 9.36 Å². The topological polar surface area (TPSA) is 112 Å². The van der Waals surface area contributed by atoms with Crippen LogP contribution in [0.2, 0.25) is 0 Å². The Labute approximate surface area is 197 Å². The Bertz CT molecular complexity index is 1150. The molecule has 0 amide bonds. The van der Waals surface area contributed by atoms with E-state index in [1.807, 2.05) is 29.1 Å². The molecule has 1 aromatic heterocycles. The summed E-state index contributed by atoms with van der Waals surface area (Å²) >= 11 is 0. The van der Waals surface area contributed by atoms with Crippen molar-refractivity contribution in [2.45, 2.75) is 40.2 Å². The van der Waals surface area contributed by atoms with Crippen LogP contribution in [0.25, 0.3) is 0 Å². The zero-order valence-electron chi connectivity index (χ0n) is 19.7. The number of ether oxygens (including phenoxy) is 2. The number of carbonyl (C=O) groups is 2. The van der Waals surface area contributed by atoms with Gasteiger partial charge in [0.15, 0.2) is 18.9 Å². The van der Waals surface area contributed by atoms with E-state index in [0.29, 0.717) is 23.5 Å². The van der Waals surface area contributed by atoms with E-state index in [-0.39, 0.29) is 18.9 Å². The molecule has 0 N–H and O–H groups in total. The summed E-state index contributed by atoms with van der Waals surface area (Å²) in [5.41, 5.74) is 3.04. The molecule has 0 bridgehead atoms. The van der Waals surface area contributed by atoms with Crippen LogP contribution < -0.4 is 4.57 Å². The Morgan fingerprint density at radius 3 is 2.38 bits per heavy atom. The number of aromatic nitrogens is 1. The Balaban J connectivity index is 2.03. The second kappa shape index (κ2) is 10.8. The highest BCUT2D eigenvalue weighted by molar-refractivity contribution is 6.06. The Morgan fingerprint density at radius 1 is 1.09 bits per heavy atom. The largest absolute Gasteiger partial charge is 0.465 e. The number of pyridine rings is 1. The van der Waals surface area contributed by atoms with Gasteiger partial charge in [0.2, 0.25) is 0 Å². The Hall–Kier alpha value is -3.88. The minimum atomic E-state index is -0.765. The van der Waals surface area contributed by atoms with Crippen LogP contribution in [0.4, 0.5) is 5.69 Å². The number of benzene rings is 1. The van der Waals surface area contributed by atoms with E-state index in [9.17, 15) is 19.7 Å². The monoisotopic (exact) mass is 466 g/mol. The lowest BCUT2D eigenvalue weighted by atomic mass is 9.76. The smallest absolute Gasteiger partial charge is 0.336 e. The van der Waals surface area contributed by atoms with Crippen molar-refractivity contribution in [3.63, 3.8) is 0 Å². The minimum Gasteiger partial charge on any atom is -0.465 e. The molecule has 1 aromatic carbocycles. The van der Waals surface area contributed by atoms with Crippen molar-refractivity contribution in [2.75, 3.05) is 13.2 Å². The molecule has 0 spiro atoms. The normalized spacial score (nSPS) is 17.7. The molecule has 0 radical (unpaired) electrons. The van der Waals surface area contributed by atoms with Gasteiger partial charge in [0.25, 0.3) is 5.69 Å². The first-order valence-electron chi connectivity index (χ1n) is 11.1. The number of allylic oxidation sites excluding steroid dienone is 1. The molecule has 2 atom stereocenters.